The Hall–Kier alpha value is -0.980. The minimum absolute atomic E-state index is 0.910. The monoisotopic (exact) mass is 286 g/mol. The molecule has 2 heterocycles. The van der Waals surface area contributed by atoms with Crippen molar-refractivity contribution >= 4 is 22.6 Å². The molecule has 0 aromatic carbocycles. The van der Waals surface area contributed by atoms with Crippen LogP contribution in [0.5, 0.6) is 0 Å². The minimum Gasteiger partial charge on any atom is -0.274 e. The van der Waals surface area contributed by atoms with Crippen molar-refractivity contribution in [3.8, 4) is 11.3 Å². The summed E-state index contributed by atoms with van der Waals surface area (Å²) in [7, 11) is 1.90. The van der Waals surface area contributed by atoms with Gasteiger partial charge in [-0.25, -0.2) is 9.97 Å². The first-order chi connectivity index (χ1) is 6.27. The average molecular weight is 286 g/mol. The summed E-state index contributed by atoms with van der Waals surface area (Å²) in [5.41, 5.74) is 1.96. The van der Waals surface area contributed by atoms with Gasteiger partial charge in [0, 0.05) is 19.4 Å². The fourth-order valence-corrected chi connectivity index (χ4v) is 1.84. The smallest absolute Gasteiger partial charge is 0.132 e. The summed E-state index contributed by atoms with van der Waals surface area (Å²) in [6.45, 7) is 0. The van der Waals surface area contributed by atoms with Gasteiger partial charge in [0.15, 0.2) is 0 Å². The molecule has 0 atom stereocenters. The normalized spacial score (nSPS) is 10.3. The molecule has 0 saturated heterocycles. The van der Waals surface area contributed by atoms with Gasteiger partial charge in [-0.2, -0.15) is 5.10 Å². The molecule has 0 aliphatic heterocycles. The van der Waals surface area contributed by atoms with Crippen molar-refractivity contribution in [2.75, 3.05) is 0 Å². The molecule has 13 heavy (non-hydrogen) atoms. The molecule has 0 bridgehead atoms. The Bertz CT molecular complexity index is 409. The number of nitrogens with zero attached hydrogens (tertiary/aromatic N) is 4. The van der Waals surface area contributed by atoms with Crippen LogP contribution in [0, 0.1) is 3.70 Å². The second-order valence-electron chi connectivity index (χ2n) is 2.60. The quantitative estimate of drug-likeness (QED) is 0.746. The van der Waals surface area contributed by atoms with Crippen LogP contribution in [0.1, 0.15) is 0 Å². The van der Waals surface area contributed by atoms with Crippen LogP contribution < -0.4 is 0 Å². The maximum absolute atomic E-state index is 4.23. The topological polar surface area (TPSA) is 43.6 Å². The van der Waals surface area contributed by atoms with Crippen LogP contribution in [-0.4, -0.2) is 19.7 Å². The van der Waals surface area contributed by atoms with E-state index in [0.717, 1.165) is 15.0 Å². The van der Waals surface area contributed by atoms with E-state index < -0.39 is 0 Å². The van der Waals surface area contributed by atoms with Gasteiger partial charge in [0.25, 0.3) is 0 Å². The lowest BCUT2D eigenvalue weighted by Crippen LogP contribution is -1.85. The fraction of sp³-hybridized carbons (Fsp3) is 0.125. The van der Waals surface area contributed by atoms with E-state index in [0.29, 0.717) is 0 Å². The van der Waals surface area contributed by atoms with Gasteiger partial charge in [0.2, 0.25) is 0 Å². The van der Waals surface area contributed by atoms with E-state index in [1.165, 1.54) is 0 Å². The van der Waals surface area contributed by atoms with Gasteiger partial charge < -0.3 is 0 Å². The third-order valence-corrected chi connectivity index (χ3v) is 2.44. The Labute approximate surface area is 89.2 Å². The second-order valence-corrected chi connectivity index (χ2v) is 3.62. The van der Waals surface area contributed by atoms with Crippen LogP contribution in [-0.2, 0) is 7.05 Å². The van der Waals surface area contributed by atoms with Gasteiger partial charge >= 0.3 is 0 Å². The number of rotatable bonds is 1. The fourth-order valence-electron chi connectivity index (χ4n) is 1.08. The standard InChI is InChI=1S/C8H7IN4/c1-13-4-6(8(9)12-13)7-2-3-10-5-11-7/h2-5H,1H3. The van der Waals surface area contributed by atoms with E-state index >= 15 is 0 Å². The van der Waals surface area contributed by atoms with Crippen molar-refractivity contribution in [1.29, 1.82) is 0 Å². The van der Waals surface area contributed by atoms with Gasteiger partial charge in [-0.15, -0.1) is 0 Å². The minimum atomic E-state index is 0.910. The summed E-state index contributed by atoms with van der Waals surface area (Å²) in [4.78, 5) is 8.02. The molecule has 0 fully saturated rings. The summed E-state index contributed by atoms with van der Waals surface area (Å²) in [5.74, 6) is 0. The Morgan fingerprint density at radius 2 is 2.31 bits per heavy atom. The first-order valence-electron chi connectivity index (χ1n) is 3.73. The molecular formula is C8H7IN4. The average Bonchev–Trinajstić information content (AvgIpc) is 2.47. The van der Waals surface area contributed by atoms with Gasteiger partial charge in [-0.3, -0.25) is 4.68 Å². The third kappa shape index (κ3) is 1.69. The summed E-state index contributed by atoms with van der Waals surface area (Å²) >= 11 is 2.19. The van der Waals surface area contributed by atoms with Crippen LogP contribution in [0.25, 0.3) is 11.3 Å². The highest BCUT2D eigenvalue weighted by atomic mass is 127. The van der Waals surface area contributed by atoms with E-state index in [1.807, 2.05) is 19.3 Å². The molecule has 2 aromatic rings. The molecule has 0 spiro atoms. The molecule has 0 amide bonds. The molecule has 0 aliphatic rings. The molecule has 2 aromatic heterocycles. The molecule has 0 aliphatic carbocycles. The molecule has 0 unspecified atom stereocenters. The van der Waals surface area contributed by atoms with E-state index in [4.69, 9.17) is 0 Å². The van der Waals surface area contributed by atoms with E-state index in [1.54, 1.807) is 17.2 Å². The first-order valence-corrected chi connectivity index (χ1v) is 4.81. The lowest BCUT2D eigenvalue weighted by molar-refractivity contribution is 0.760. The maximum Gasteiger partial charge on any atom is 0.132 e. The summed E-state index contributed by atoms with van der Waals surface area (Å²) in [5, 5.41) is 4.23. The van der Waals surface area contributed by atoms with Crippen molar-refractivity contribution in [1.82, 2.24) is 19.7 Å². The zero-order valence-electron chi connectivity index (χ0n) is 6.98. The van der Waals surface area contributed by atoms with E-state index in [2.05, 4.69) is 37.7 Å². The Balaban J connectivity index is 2.53. The zero-order valence-corrected chi connectivity index (χ0v) is 9.13. The highest BCUT2D eigenvalue weighted by molar-refractivity contribution is 14.1. The summed E-state index contributed by atoms with van der Waals surface area (Å²) in [6.07, 6.45) is 5.22. The van der Waals surface area contributed by atoms with Crippen molar-refractivity contribution in [3.05, 3.63) is 28.5 Å². The van der Waals surface area contributed by atoms with E-state index in [9.17, 15) is 0 Å². The third-order valence-electron chi connectivity index (χ3n) is 1.64. The zero-order chi connectivity index (χ0) is 9.26. The molecule has 66 valence electrons. The number of hydrogen-bond donors (Lipinski definition) is 0. The van der Waals surface area contributed by atoms with Gasteiger partial charge in [-0.05, 0) is 28.7 Å². The van der Waals surface area contributed by atoms with Gasteiger partial charge in [0.05, 0.1) is 11.3 Å². The molecule has 4 nitrogen and oxygen atoms in total. The van der Waals surface area contributed by atoms with Crippen molar-refractivity contribution in [2.45, 2.75) is 0 Å². The molecule has 5 heteroatoms. The molecular weight excluding hydrogens is 279 g/mol. The summed E-state index contributed by atoms with van der Waals surface area (Å²) < 4.78 is 2.73. The Morgan fingerprint density at radius 1 is 1.46 bits per heavy atom. The van der Waals surface area contributed by atoms with Crippen LogP contribution in [0.4, 0.5) is 0 Å². The predicted molar refractivity (Wildman–Crippen MR) is 57.0 cm³/mol. The van der Waals surface area contributed by atoms with Gasteiger partial charge in [0.1, 0.15) is 10.0 Å². The van der Waals surface area contributed by atoms with Crippen LogP contribution >= 0.6 is 22.6 Å². The highest BCUT2D eigenvalue weighted by Gasteiger charge is 2.07. The Kier molecular flexibility index (Phi) is 2.26. The SMILES string of the molecule is Cn1cc(-c2ccncn2)c(I)n1. The lowest BCUT2D eigenvalue weighted by Gasteiger charge is -1.93. The highest BCUT2D eigenvalue weighted by Crippen LogP contribution is 2.20. The number of halogens is 1. The van der Waals surface area contributed by atoms with Crippen molar-refractivity contribution < 1.29 is 0 Å². The maximum atomic E-state index is 4.23. The molecule has 0 N–H and O–H groups in total. The number of aryl methyl sites for hydroxylation is 1. The predicted octanol–water partition coefficient (Wildman–Crippen LogP) is 1.48. The van der Waals surface area contributed by atoms with Crippen molar-refractivity contribution in [2.24, 2.45) is 7.05 Å². The largest absolute Gasteiger partial charge is 0.274 e. The Morgan fingerprint density at radius 3 is 2.85 bits per heavy atom. The second kappa shape index (κ2) is 3.41. The van der Waals surface area contributed by atoms with Crippen LogP contribution in [0.2, 0.25) is 0 Å². The number of aromatic nitrogens is 4. The van der Waals surface area contributed by atoms with Crippen LogP contribution in [0.3, 0.4) is 0 Å². The molecule has 2 rings (SSSR count). The molecule has 0 saturated carbocycles. The molecule has 0 radical (unpaired) electrons. The van der Waals surface area contributed by atoms with E-state index in [-0.39, 0.29) is 0 Å². The van der Waals surface area contributed by atoms with Gasteiger partial charge in [-0.1, -0.05) is 0 Å². The summed E-state index contributed by atoms with van der Waals surface area (Å²) in [6, 6.07) is 1.87. The first kappa shape index (κ1) is 8.61. The van der Waals surface area contributed by atoms with Crippen LogP contribution in [0.15, 0.2) is 24.8 Å². The van der Waals surface area contributed by atoms with Crippen molar-refractivity contribution in [3.63, 3.8) is 0 Å². The lowest BCUT2D eigenvalue weighted by atomic mass is 10.2. The number of hydrogen-bond acceptors (Lipinski definition) is 3.